The van der Waals surface area contributed by atoms with E-state index in [1.54, 1.807) is 0 Å². The lowest BCUT2D eigenvalue weighted by molar-refractivity contribution is -0.150. The number of nitrogens with two attached hydrogens (primary N) is 1. The van der Waals surface area contributed by atoms with Crippen molar-refractivity contribution < 1.29 is 39.9 Å². The number of likely N-dealkylation sites (N-methyl/N-ethyl adjacent to an activating group) is 1. The van der Waals surface area contributed by atoms with Crippen molar-refractivity contribution in [2.75, 3.05) is 14.1 Å². The third-order valence-electron chi connectivity index (χ3n) is 7.00. The minimum atomic E-state index is -2.65. The molecule has 0 radical (unpaired) electrons. The molecule has 0 bridgehead atoms. The maximum absolute atomic E-state index is 13.4. The lowest BCUT2D eigenvalue weighted by atomic mass is 9.57. The molecule has 7 N–H and O–H groups in total. The second kappa shape index (κ2) is 7.12. The van der Waals surface area contributed by atoms with E-state index in [2.05, 4.69) is 0 Å². The fourth-order valence-corrected chi connectivity index (χ4v) is 5.83. The smallest absolute Gasteiger partial charge is 0.255 e. The van der Waals surface area contributed by atoms with Gasteiger partial charge >= 0.3 is 0 Å². The van der Waals surface area contributed by atoms with Crippen molar-refractivity contribution in [1.29, 1.82) is 0 Å². The molecule has 11 heteroatoms. The number of rotatable bonds is 2. The number of amides is 1. The number of hydrogen-bond donors (Lipinski definition) is 6. The Morgan fingerprint density at radius 2 is 1.82 bits per heavy atom. The molecule has 3 aliphatic carbocycles. The van der Waals surface area contributed by atoms with Gasteiger partial charge < -0.3 is 31.3 Å². The van der Waals surface area contributed by atoms with E-state index in [0.29, 0.717) is 0 Å². The van der Waals surface area contributed by atoms with Gasteiger partial charge in [0.15, 0.2) is 17.2 Å². The van der Waals surface area contributed by atoms with Crippen LogP contribution in [0.1, 0.15) is 29.3 Å². The van der Waals surface area contributed by atoms with E-state index in [4.69, 9.17) is 17.3 Å². The molecule has 176 valence electrons. The number of ketones is 2. The molecule has 1 aromatic rings. The predicted octanol–water partition coefficient (Wildman–Crippen LogP) is -0.332. The first-order chi connectivity index (χ1) is 15.2. The number of primary amides is 1. The van der Waals surface area contributed by atoms with E-state index in [0.717, 1.165) is 6.07 Å². The summed E-state index contributed by atoms with van der Waals surface area (Å²) in [6.07, 6.45) is -2.49. The van der Waals surface area contributed by atoms with Crippen LogP contribution in [0, 0.1) is 5.92 Å². The van der Waals surface area contributed by atoms with Crippen LogP contribution < -0.4 is 5.73 Å². The van der Waals surface area contributed by atoms with E-state index < -0.39 is 69.4 Å². The van der Waals surface area contributed by atoms with E-state index >= 15 is 0 Å². The Kier molecular flexibility index (Phi) is 5.05. The molecule has 10 nitrogen and oxygen atoms in total. The highest BCUT2D eigenvalue weighted by Crippen LogP contribution is 2.56. The number of aliphatic hydroxyl groups excluding tert-OH is 2. The van der Waals surface area contributed by atoms with Crippen LogP contribution in [0.2, 0.25) is 5.02 Å². The molecule has 5 unspecified atom stereocenters. The summed E-state index contributed by atoms with van der Waals surface area (Å²) in [5.74, 6) is -6.01. The molecule has 5 atom stereocenters. The van der Waals surface area contributed by atoms with Crippen LogP contribution in [-0.2, 0) is 15.2 Å². The van der Waals surface area contributed by atoms with Crippen molar-refractivity contribution in [1.82, 2.24) is 4.90 Å². The van der Waals surface area contributed by atoms with Gasteiger partial charge in [-0.3, -0.25) is 19.3 Å². The maximum atomic E-state index is 13.4. The zero-order valence-corrected chi connectivity index (χ0v) is 18.7. The van der Waals surface area contributed by atoms with Crippen molar-refractivity contribution in [2.45, 2.75) is 36.7 Å². The molecule has 0 saturated heterocycles. The van der Waals surface area contributed by atoms with Gasteiger partial charge in [-0.2, -0.15) is 0 Å². The van der Waals surface area contributed by atoms with Gasteiger partial charge in [0.25, 0.3) is 5.91 Å². The molecule has 33 heavy (non-hydrogen) atoms. The lowest BCUT2D eigenvalue weighted by Gasteiger charge is -2.53. The monoisotopic (exact) mass is 478 g/mol. The van der Waals surface area contributed by atoms with Crippen LogP contribution in [-0.4, -0.2) is 79.7 Å². The first-order valence-electron chi connectivity index (χ1n) is 10.1. The molecule has 4 rings (SSSR count). The Labute approximate surface area is 193 Å². The average Bonchev–Trinajstić information content (AvgIpc) is 2.69. The van der Waals surface area contributed by atoms with E-state index in [-0.39, 0.29) is 28.1 Å². The molecular weight excluding hydrogens is 456 g/mol. The van der Waals surface area contributed by atoms with Crippen molar-refractivity contribution in [3.8, 4) is 5.75 Å². The number of carbonyl (C=O) groups excluding carboxylic acids is 3. The van der Waals surface area contributed by atoms with E-state index in [1.165, 1.54) is 32.0 Å². The number of halogens is 1. The number of fused-ring (bicyclic) bond motifs is 2. The third-order valence-corrected chi connectivity index (χ3v) is 7.31. The lowest BCUT2D eigenvalue weighted by Crippen LogP contribution is -2.67. The third kappa shape index (κ3) is 2.79. The van der Waals surface area contributed by atoms with Gasteiger partial charge in [-0.05, 0) is 45.1 Å². The zero-order chi connectivity index (χ0) is 24.8. The van der Waals surface area contributed by atoms with Crippen LogP contribution >= 0.6 is 11.6 Å². The van der Waals surface area contributed by atoms with Crippen LogP contribution in [0.4, 0.5) is 0 Å². The molecule has 0 aromatic heterocycles. The molecule has 0 saturated carbocycles. The average molecular weight is 479 g/mol. The Morgan fingerprint density at radius 1 is 1.21 bits per heavy atom. The van der Waals surface area contributed by atoms with Crippen LogP contribution in [0.25, 0.3) is 0 Å². The summed E-state index contributed by atoms with van der Waals surface area (Å²) in [5.41, 5.74) is -1.14. The second-order valence-electron chi connectivity index (χ2n) is 9.01. The number of Topliss-reactive ketones (excluding diaryl/α,β-unsaturated/α-hetero) is 2. The highest BCUT2D eigenvalue weighted by atomic mass is 35.5. The Balaban J connectivity index is 2.05. The summed E-state index contributed by atoms with van der Waals surface area (Å²) in [4.78, 5) is 39.8. The van der Waals surface area contributed by atoms with E-state index in [1.807, 2.05) is 0 Å². The fourth-order valence-electron chi connectivity index (χ4n) is 5.49. The van der Waals surface area contributed by atoms with Crippen LogP contribution in [0.3, 0.4) is 0 Å². The number of aromatic hydroxyl groups is 1. The number of phenols is 1. The van der Waals surface area contributed by atoms with Crippen LogP contribution in [0.15, 0.2) is 34.6 Å². The summed E-state index contributed by atoms with van der Waals surface area (Å²) in [6, 6.07) is 1.22. The molecule has 1 aromatic carbocycles. The number of nitrogens with zero attached hydrogens (tertiary/aromatic N) is 1. The fraction of sp³-hybridized carbons (Fsp3) is 0.409. The normalized spacial score (nSPS) is 33.8. The number of aliphatic hydroxyl groups is 4. The summed E-state index contributed by atoms with van der Waals surface area (Å²) < 4.78 is 0. The van der Waals surface area contributed by atoms with E-state index in [9.17, 15) is 39.9 Å². The Hall–Kier alpha value is -2.76. The number of phenolic OH excluding ortho intramolecular Hbond substituents is 1. The first kappa shape index (κ1) is 23.4. The minimum Gasteiger partial charge on any atom is -0.508 e. The van der Waals surface area contributed by atoms with Crippen molar-refractivity contribution in [2.24, 2.45) is 11.7 Å². The first-order valence-corrected chi connectivity index (χ1v) is 10.4. The zero-order valence-electron chi connectivity index (χ0n) is 18.0. The molecule has 0 heterocycles. The molecule has 0 fully saturated rings. The largest absolute Gasteiger partial charge is 0.508 e. The van der Waals surface area contributed by atoms with Crippen molar-refractivity contribution >= 4 is 29.1 Å². The highest BCUT2D eigenvalue weighted by Gasteiger charge is 2.65. The predicted molar refractivity (Wildman–Crippen MR) is 114 cm³/mol. The Bertz CT molecular complexity index is 1200. The van der Waals surface area contributed by atoms with Gasteiger partial charge in [-0.1, -0.05) is 11.6 Å². The topological polar surface area (TPSA) is 182 Å². The van der Waals surface area contributed by atoms with Gasteiger partial charge in [-0.15, -0.1) is 0 Å². The standard InChI is InChI=1S/C22H23ClN2O8/c1-21(32)7-6-8-15(25(2)3)17(28)13(20(24)31)19(30)22(8,33)18(29)11(7)16(27)12-10(26)5-4-9(23)14(12)21/h4-5,8,15,18,26,29-30,32-33H,6H2,1-3H3,(H2,24,31). The van der Waals surface area contributed by atoms with Gasteiger partial charge in [0.2, 0.25) is 0 Å². The molecule has 0 aliphatic heterocycles. The van der Waals surface area contributed by atoms with Gasteiger partial charge in [0.1, 0.15) is 28.8 Å². The van der Waals surface area contributed by atoms with Gasteiger partial charge in [0, 0.05) is 22.1 Å². The quantitative estimate of drug-likeness (QED) is 0.310. The maximum Gasteiger partial charge on any atom is 0.255 e. The number of carbonyl (C=O) groups is 3. The van der Waals surface area contributed by atoms with Crippen molar-refractivity contribution in [3.63, 3.8) is 0 Å². The Morgan fingerprint density at radius 3 is 2.36 bits per heavy atom. The summed E-state index contributed by atoms with van der Waals surface area (Å²) >= 11 is 6.26. The highest BCUT2D eigenvalue weighted by molar-refractivity contribution is 6.33. The van der Waals surface area contributed by atoms with Crippen LogP contribution in [0.5, 0.6) is 5.75 Å². The summed E-state index contributed by atoms with van der Waals surface area (Å²) in [6.45, 7) is 1.32. The van der Waals surface area contributed by atoms with Crippen molar-refractivity contribution in [3.05, 3.63) is 50.8 Å². The molecule has 1 amide bonds. The summed E-state index contributed by atoms with van der Waals surface area (Å²) in [5, 5.41) is 55.5. The summed E-state index contributed by atoms with van der Waals surface area (Å²) in [7, 11) is 2.99. The SMILES string of the molecule is CN(C)C1C(=O)C(C(N)=O)=C(O)C2(O)C(O)C3=C(CC12)C(C)(O)c1c(Cl)ccc(O)c1C3=O. The molecule has 3 aliphatic rings. The number of hydrogen-bond acceptors (Lipinski definition) is 9. The minimum absolute atomic E-state index is 0.00865. The number of benzene rings is 1. The molecular formula is C22H23ClN2O8. The molecule has 0 spiro atoms. The van der Waals surface area contributed by atoms with Gasteiger partial charge in [0.05, 0.1) is 11.6 Å². The van der Waals surface area contributed by atoms with Gasteiger partial charge in [-0.25, -0.2) is 0 Å². The second-order valence-corrected chi connectivity index (χ2v) is 9.42.